The fraction of sp³-hybridized carbons (Fsp3) is 0.667. The molecule has 0 amide bonds. The molecule has 10 heavy (non-hydrogen) atoms. The molecule has 0 aliphatic carbocycles. The van der Waals surface area contributed by atoms with Gasteiger partial charge in [-0.25, -0.2) is 0 Å². The normalized spacial score (nSPS) is 20.4. The monoisotopic (exact) mass is 143 g/mol. The van der Waals surface area contributed by atoms with E-state index in [9.17, 15) is 9.59 Å². The Labute approximate surface area is 58.1 Å². The van der Waals surface area contributed by atoms with Crippen LogP contribution in [-0.2, 0) is 19.1 Å². The van der Waals surface area contributed by atoms with Gasteiger partial charge in [0.15, 0.2) is 0 Å². The first-order valence-electron chi connectivity index (χ1n) is 3.00. The minimum atomic E-state index is -0.994. The van der Waals surface area contributed by atoms with Crippen LogP contribution in [0.5, 0.6) is 0 Å². The van der Waals surface area contributed by atoms with E-state index in [1.807, 2.05) is 0 Å². The Morgan fingerprint density at radius 3 is 2.50 bits per heavy atom. The maximum atomic E-state index is 10.5. The van der Waals surface area contributed by atoms with Crippen molar-refractivity contribution in [2.45, 2.75) is 12.7 Å². The predicted octanol–water partition coefficient (Wildman–Crippen LogP) is -0.572. The van der Waals surface area contributed by atoms with Gasteiger partial charge in [0.1, 0.15) is 0 Å². The van der Waals surface area contributed by atoms with Gasteiger partial charge in [-0.05, 0) is 6.42 Å². The van der Waals surface area contributed by atoms with E-state index in [0.29, 0.717) is 13.2 Å². The molecule has 0 spiro atoms. The summed E-state index contributed by atoms with van der Waals surface area (Å²) in [5, 5.41) is 0. The molecule has 1 aliphatic rings. The number of hydrogen-bond donors (Lipinski definition) is 0. The second kappa shape index (κ2) is 3.43. The smallest absolute Gasteiger partial charge is 0.277 e. The maximum Gasteiger partial charge on any atom is 0.277 e. The van der Waals surface area contributed by atoms with Crippen LogP contribution < -0.4 is 0 Å². The van der Waals surface area contributed by atoms with Crippen molar-refractivity contribution in [2.75, 3.05) is 13.2 Å². The molecule has 4 heteroatoms. The maximum absolute atomic E-state index is 10.5. The summed E-state index contributed by atoms with van der Waals surface area (Å²) in [6.45, 7) is 0.941. The molecule has 0 aromatic heterocycles. The molecule has 1 heterocycles. The van der Waals surface area contributed by atoms with Crippen molar-refractivity contribution in [1.29, 1.82) is 0 Å². The standard InChI is InChI=1S/C6H7O4/c7-4-5(8)6-9-2-1-3-10-6/h6H,1-3H2. The van der Waals surface area contributed by atoms with Crippen molar-refractivity contribution in [3.63, 3.8) is 0 Å². The van der Waals surface area contributed by atoms with Gasteiger partial charge in [0.05, 0.1) is 13.2 Å². The molecule has 1 fully saturated rings. The lowest BCUT2D eigenvalue weighted by Crippen LogP contribution is -2.33. The Balaban J connectivity index is 2.38. The molecular weight excluding hydrogens is 136 g/mol. The molecule has 0 aromatic carbocycles. The molecule has 0 N–H and O–H groups in total. The van der Waals surface area contributed by atoms with Gasteiger partial charge in [-0.2, -0.15) is 0 Å². The van der Waals surface area contributed by atoms with E-state index in [4.69, 9.17) is 9.47 Å². The molecule has 4 nitrogen and oxygen atoms in total. The molecule has 0 unspecified atom stereocenters. The number of hydrogen-bond acceptors (Lipinski definition) is 4. The molecule has 0 saturated carbocycles. The summed E-state index contributed by atoms with van der Waals surface area (Å²) in [4.78, 5) is 20.3. The molecule has 0 atom stereocenters. The first-order chi connectivity index (χ1) is 4.84. The summed E-state index contributed by atoms with van der Waals surface area (Å²) in [5.74, 6) is -0.764. The van der Waals surface area contributed by atoms with Crippen LogP contribution in [0.25, 0.3) is 0 Å². The second-order valence-corrected chi connectivity index (χ2v) is 1.89. The van der Waals surface area contributed by atoms with Gasteiger partial charge in [0.25, 0.3) is 12.1 Å². The first kappa shape index (κ1) is 7.37. The summed E-state index contributed by atoms with van der Waals surface area (Å²) in [6.07, 6.45) is 0.968. The average molecular weight is 143 g/mol. The van der Waals surface area contributed by atoms with Crippen LogP contribution >= 0.6 is 0 Å². The third-order valence-electron chi connectivity index (χ3n) is 1.14. The molecule has 1 radical (unpaired) electrons. The summed E-state index contributed by atoms with van der Waals surface area (Å²) >= 11 is 0. The molecule has 55 valence electrons. The summed E-state index contributed by atoms with van der Waals surface area (Å²) in [7, 11) is 0. The predicted molar refractivity (Wildman–Crippen MR) is 31.0 cm³/mol. The van der Waals surface area contributed by atoms with Crippen LogP contribution in [0, 0.1) is 0 Å². The number of carbonyl (C=O) groups excluding carboxylic acids is 2. The number of rotatable bonds is 2. The number of ketones is 1. The van der Waals surface area contributed by atoms with E-state index in [-0.39, 0.29) is 0 Å². The zero-order chi connectivity index (χ0) is 7.40. The van der Waals surface area contributed by atoms with E-state index in [2.05, 4.69) is 0 Å². The van der Waals surface area contributed by atoms with Crippen molar-refractivity contribution in [3.05, 3.63) is 0 Å². The van der Waals surface area contributed by atoms with Gasteiger partial charge in [0, 0.05) is 0 Å². The van der Waals surface area contributed by atoms with Crippen LogP contribution in [0.15, 0.2) is 0 Å². The lowest BCUT2D eigenvalue weighted by Gasteiger charge is -2.19. The number of ether oxygens (including phenoxy) is 2. The number of carbonyl (C=O) groups is 1. The van der Waals surface area contributed by atoms with Crippen LogP contribution in [0.3, 0.4) is 0 Å². The van der Waals surface area contributed by atoms with E-state index in [0.717, 1.165) is 6.42 Å². The third-order valence-corrected chi connectivity index (χ3v) is 1.14. The lowest BCUT2D eigenvalue weighted by molar-refractivity contribution is -0.182. The van der Waals surface area contributed by atoms with E-state index in [1.54, 1.807) is 0 Å². The highest BCUT2D eigenvalue weighted by atomic mass is 16.7. The van der Waals surface area contributed by atoms with Crippen molar-refractivity contribution in [2.24, 2.45) is 0 Å². The topological polar surface area (TPSA) is 52.6 Å². The van der Waals surface area contributed by atoms with E-state index in [1.165, 1.54) is 6.29 Å². The Morgan fingerprint density at radius 2 is 2.00 bits per heavy atom. The second-order valence-electron chi connectivity index (χ2n) is 1.89. The minimum absolute atomic E-state index is 0.470. The van der Waals surface area contributed by atoms with Crippen molar-refractivity contribution in [1.82, 2.24) is 0 Å². The molecule has 0 aromatic rings. The quantitative estimate of drug-likeness (QED) is 0.485. The third kappa shape index (κ3) is 1.62. The summed E-state index contributed by atoms with van der Waals surface area (Å²) < 4.78 is 9.59. The lowest BCUT2D eigenvalue weighted by atomic mass is 10.4. The van der Waals surface area contributed by atoms with Gasteiger partial charge >= 0.3 is 0 Å². The largest absolute Gasteiger partial charge is 0.346 e. The highest BCUT2D eigenvalue weighted by Crippen LogP contribution is 2.03. The molecule has 1 saturated heterocycles. The Kier molecular flexibility index (Phi) is 2.53. The average Bonchev–Trinajstić information content (AvgIpc) is 2.05. The molecule has 0 bridgehead atoms. The Hall–Kier alpha value is -0.740. The van der Waals surface area contributed by atoms with Crippen LogP contribution in [0.1, 0.15) is 6.42 Å². The minimum Gasteiger partial charge on any atom is -0.346 e. The SMILES string of the molecule is O=[C]C(=O)C1OCCCO1. The van der Waals surface area contributed by atoms with Gasteiger partial charge in [-0.3, -0.25) is 9.59 Å². The highest BCUT2D eigenvalue weighted by Gasteiger charge is 2.22. The van der Waals surface area contributed by atoms with E-state index < -0.39 is 12.1 Å². The van der Waals surface area contributed by atoms with Crippen molar-refractivity contribution >= 4 is 12.1 Å². The van der Waals surface area contributed by atoms with Crippen LogP contribution in [0.2, 0.25) is 0 Å². The van der Waals surface area contributed by atoms with Crippen LogP contribution in [-0.4, -0.2) is 31.6 Å². The summed E-state index contributed by atoms with van der Waals surface area (Å²) in [5.41, 5.74) is 0. The highest BCUT2D eigenvalue weighted by molar-refractivity contribution is 6.27. The zero-order valence-corrected chi connectivity index (χ0v) is 5.33. The van der Waals surface area contributed by atoms with Crippen molar-refractivity contribution < 1.29 is 19.1 Å². The fourth-order valence-electron chi connectivity index (χ4n) is 0.687. The summed E-state index contributed by atoms with van der Waals surface area (Å²) in [6, 6.07) is 0. The van der Waals surface area contributed by atoms with Gasteiger partial charge in [0.2, 0.25) is 6.29 Å². The zero-order valence-electron chi connectivity index (χ0n) is 5.33. The number of Topliss-reactive ketones (excluding diaryl/α,β-unsaturated/α-hetero) is 1. The Morgan fingerprint density at radius 1 is 1.40 bits per heavy atom. The molecule has 1 aliphatic heterocycles. The first-order valence-corrected chi connectivity index (χ1v) is 3.00. The van der Waals surface area contributed by atoms with Gasteiger partial charge < -0.3 is 9.47 Å². The van der Waals surface area contributed by atoms with E-state index >= 15 is 0 Å². The van der Waals surface area contributed by atoms with Crippen LogP contribution in [0.4, 0.5) is 0 Å². The Bertz CT molecular complexity index is 137. The molecule has 1 rings (SSSR count). The fourth-order valence-corrected chi connectivity index (χ4v) is 0.687. The van der Waals surface area contributed by atoms with Gasteiger partial charge in [-0.1, -0.05) is 0 Å². The van der Waals surface area contributed by atoms with Crippen molar-refractivity contribution in [3.8, 4) is 0 Å². The molecular formula is C6H7O4. The van der Waals surface area contributed by atoms with Gasteiger partial charge in [-0.15, -0.1) is 0 Å².